The van der Waals surface area contributed by atoms with Crippen LogP contribution in [0.2, 0.25) is 0 Å². The number of rotatable bonds is 6. The van der Waals surface area contributed by atoms with E-state index in [-0.39, 0.29) is 5.91 Å². The average molecular weight is 233 g/mol. The molecule has 0 radical (unpaired) electrons. The fourth-order valence-corrected chi connectivity index (χ4v) is 1.73. The van der Waals surface area contributed by atoms with Crippen molar-refractivity contribution in [1.82, 2.24) is 15.5 Å². The van der Waals surface area contributed by atoms with Crippen LogP contribution in [-0.2, 0) is 0 Å². The fraction of sp³-hybridized carbons (Fsp3) is 0.615. The Balaban J connectivity index is 1.81. The molecular weight excluding hydrogens is 214 g/mol. The summed E-state index contributed by atoms with van der Waals surface area (Å²) in [4.78, 5) is 11.7. The van der Waals surface area contributed by atoms with Crippen molar-refractivity contribution >= 4 is 5.91 Å². The van der Waals surface area contributed by atoms with E-state index in [1.165, 1.54) is 12.8 Å². The van der Waals surface area contributed by atoms with Crippen molar-refractivity contribution in [2.75, 3.05) is 6.54 Å². The van der Waals surface area contributed by atoms with Gasteiger partial charge < -0.3 is 5.32 Å². The molecule has 0 unspecified atom stereocenters. The molecule has 1 fully saturated rings. The van der Waals surface area contributed by atoms with Crippen LogP contribution in [0.25, 0.3) is 0 Å². The van der Waals surface area contributed by atoms with Crippen LogP contribution < -0.4 is 5.32 Å². The average Bonchev–Trinajstić information content (AvgIpc) is 3.19. The Bertz CT molecular complexity index is 371. The number of unbranched alkanes of at least 4 members (excludes halogenated alkanes) is 2. The third-order valence-corrected chi connectivity index (χ3v) is 2.98. The van der Waals surface area contributed by atoms with Crippen molar-refractivity contribution in [3.63, 3.8) is 0 Å². The van der Waals surface area contributed by atoms with Gasteiger partial charge in [0, 0.05) is 12.5 Å². The Morgan fingerprint density at radius 1 is 1.35 bits per heavy atom. The van der Waals surface area contributed by atoms with Gasteiger partial charge in [-0.05, 0) is 31.4 Å². The van der Waals surface area contributed by atoms with E-state index in [4.69, 9.17) is 0 Å². The number of nitrogens with one attached hydrogen (secondary N) is 1. The van der Waals surface area contributed by atoms with Crippen molar-refractivity contribution < 1.29 is 4.79 Å². The summed E-state index contributed by atoms with van der Waals surface area (Å²) in [5.41, 5.74) is 1.44. The lowest BCUT2D eigenvalue weighted by molar-refractivity contribution is 0.0947. The molecule has 0 spiro atoms. The van der Waals surface area contributed by atoms with E-state index in [0.29, 0.717) is 11.6 Å². The Morgan fingerprint density at radius 3 is 2.76 bits per heavy atom. The van der Waals surface area contributed by atoms with E-state index < -0.39 is 0 Å². The number of nitrogens with zero attached hydrogens (tertiary/aromatic N) is 2. The first kappa shape index (κ1) is 12.0. The molecule has 0 saturated heterocycles. The molecule has 17 heavy (non-hydrogen) atoms. The molecule has 0 bridgehead atoms. The first-order chi connectivity index (χ1) is 8.31. The zero-order valence-corrected chi connectivity index (χ0v) is 10.3. The van der Waals surface area contributed by atoms with Crippen LogP contribution in [0.4, 0.5) is 0 Å². The van der Waals surface area contributed by atoms with Gasteiger partial charge in [0.1, 0.15) is 0 Å². The molecule has 1 aromatic rings. The number of amides is 1. The number of hydrogen-bond donors (Lipinski definition) is 1. The van der Waals surface area contributed by atoms with Crippen LogP contribution in [0.3, 0.4) is 0 Å². The summed E-state index contributed by atoms with van der Waals surface area (Å²) >= 11 is 0. The van der Waals surface area contributed by atoms with E-state index >= 15 is 0 Å². The van der Waals surface area contributed by atoms with Gasteiger partial charge in [-0.3, -0.25) is 4.79 Å². The summed E-state index contributed by atoms with van der Waals surface area (Å²) in [6.07, 6.45) is 5.74. The third-order valence-electron chi connectivity index (χ3n) is 2.98. The zero-order valence-electron chi connectivity index (χ0n) is 10.3. The molecule has 1 aromatic heterocycles. The Labute approximate surface area is 102 Å². The number of carbonyl (C=O) groups excluding carboxylic acids is 1. The highest BCUT2D eigenvalue weighted by Gasteiger charge is 2.25. The second-order valence-corrected chi connectivity index (χ2v) is 4.58. The first-order valence-electron chi connectivity index (χ1n) is 6.43. The molecule has 4 nitrogen and oxygen atoms in total. The van der Waals surface area contributed by atoms with Gasteiger partial charge in [-0.15, -0.1) is 5.10 Å². The number of hydrogen-bond acceptors (Lipinski definition) is 3. The Kier molecular flexibility index (Phi) is 4.07. The van der Waals surface area contributed by atoms with E-state index in [1.807, 2.05) is 6.07 Å². The van der Waals surface area contributed by atoms with Crippen molar-refractivity contribution in [1.29, 1.82) is 0 Å². The van der Waals surface area contributed by atoms with E-state index in [2.05, 4.69) is 22.4 Å². The minimum atomic E-state index is -0.115. The van der Waals surface area contributed by atoms with Crippen LogP contribution in [0, 0.1) is 0 Å². The first-order valence-corrected chi connectivity index (χ1v) is 6.43. The smallest absolute Gasteiger partial charge is 0.271 e. The lowest BCUT2D eigenvalue weighted by Gasteiger charge is -2.03. The van der Waals surface area contributed by atoms with Gasteiger partial charge in [-0.25, -0.2) is 0 Å². The molecule has 1 aliphatic carbocycles. The predicted octanol–water partition coefficient (Wildman–Crippen LogP) is 2.27. The van der Waals surface area contributed by atoms with E-state index in [0.717, 1.165) is 31.5 Å². The summed E-state index contributed by atoms with van der Waals surface area (Å²) < 4.78 is 0. The molecule has 2 rings (SSSR count). The maximum Gasteiger partial charge on any atom is 0.271 e. The summed E-state index contributed by atoms with van der Waals surface area (Å²) in [7, 11) is 0. The summed E-state index contributed by atoms with van der Waals surface area (Å²) in [6.45, 7) is 2.86. The quantitative estimate of drug-likeness (QED) is 0.767. The molecule has 4 heteroatoms. The van der Waals surface area contributed by atoms with Crippen LogP contribution in [0.1, 0.15) is 61.1 Å². The number of carbonyl (C=O) groups is 1. The maximum atomic E-state index is 11.7. The maximum absolute atomic E-state index is 11.7. The second-order valence-electron chi connectivity index (χ2n) is 4.58. The standard InChI is InChI=1S/C13H19N3O/c1-2-3-4-9-14-13(17)12-8-7-11(15-16-12)10-5-6-10/h7-8,10H,2-6,9H2,1H3,(H,14,17). The Morgan fingerprint density at radius 2 is 2.18 bits per heavy atom. The van der Waals surface area contributed by atoms with Crippen LogP contribution in [0.5, 0.6) is 0 Å². The highest BCUT2D eigenvalue weighted by atomic mass is 16.1. The van der Waals surface area contributed by atoms with Gasteiger partial charge in [0.05, 0.1) is 5.69 Å². The molecule has 1 N–H and O–H groups in total. The van der Waals surface area contributed by atoms with Crippen molar-refractivity contribution in [3.8, 4) is 0 Å². The summed E-state index contributed by atoms with van der Waals surface area (Å²) in [6, 6.07) is 3.70. The molecule has 1 saturated carbocycles. The largest absolute Gasteiger partial charge is 0.351 e. The normalized spacial score (nSPS) is 14.6. The predicted molar refractivity (Wildman–Crippen MR) is 65.9 cm³/mol. The summed E-state index contributed by atoms with van der Waals surface area (Å²) in [5.74, 6) is 0.472. The topological polar surface area (TPSA) is 54.9 Å². The molecule has 0 aromatic carbocycles. The lowest BCUT2D eigenvalue weighted by Crippen LogP contribution is -2.25. The van der Waals surface area contributed by atoms with Crippen LogP contribution in [-0.4, -0.2) is 22.6 Å². The van der Waals surface area contributed by atoms with Gasteiger partial charge in [-0.1, -0.05) is 19.8 Å². The van der Waals surface area contributed by atoms with Gasteiger partial charge in [0.25, 0.3) is 5.91 Å². The Hall–Kier alpha value is -1.45. The SMILES string of the molecule is CCCCCNC(=O)c1ccc(C2CC2)nn1. The molecule has 92 valence electrons. The third kappa shape index (κ3) is 3.51. The van der Waals surface area contributed by atoms with Crippen molar-refractivity contribution in [2.45, 2.75) is 44.9 Å². The number of aromatic nitrogens is 2. The molecule has 1 heterocycles. The fourth-order valence-electron chi connectivity index (χ4n) is 1.73. The van der Waals surface area contributed by atoms with Gasteiger partial charge in [-0.2, -0.15) is 5.10 Å². The molecule has 0 aliphatic heterocycles. The van der Waals surface area contributed by atoms with Gasteiger partial charge in [0.2, 0.25) is 0 Å². The second kappa shape index (κ2) is 5.75. The van der Waals surface area contributed by atoms with E-state index in [1.54, 1.807) is 6.07 Å². The molecular formula is C13H19N3O. The minimum Gasteiger partial charge on any atom is -0.351 e. The molecule has 1 aliphatic rings. The van der Waals surface area contributed by atoms with Gasteiger partial charge in [0.15, 0.2) is 5.69 Å². The lowest BCUT2D eigenvalue weighted by atomic mass is 10.2. The highest BCUT2D eigenvalue weighted by molar-refractivity contribution is 5.91. The zero-order chi connectivity index (χ0) is 12.1. The van der Waals surface area contributed by atoms with Crippen molar-refractivity contribution in [2.24, 2.45) is 0 Å². The molecule has 1 amide bonds. The van der Waals surface area contributed by atoms with Gasteiger partial charge >= 0.3 is 0 Å². The highest BCUT2D eigenvalue weighted by Crippen LogP contribution is 2.38. The summed E-state index contributed by atoms with van der Waals surface area (Å²) in [5, 5.41) is 10.9. The van der Waals surface area contributed by atoms with Crippen LogP contribution in [0.15, 0.2) is 12.1 Å². The van der Waals surface area contributed by atoms with Crippen molar-refractivity contribution in [3.05, 3.63) is 23.5 Å². The molecule has 0 atom stereocenters. The van der Waals surface area contributed by atoms with Crippen LogP contribution >= 0.6 is 0 Å². The van der Waals surface area contributed by atoms with E-state index in [9.17, 15) is 4.79 Å². The monoisotopic (exact) mass is 233 g/mol. The minimum absolute atomic E-state index is 0.115.